The molecule has 0 aromatic heterocycles. The van der Waals surface area contributed by atoms with Gasteiger partial charge in [-0.2, -0.15) is 0 Å². The van der Waals surface area contributed by atoms with Gasteiger partial charge in [-0.25, -0.2) is 4.57 Å². The number of aliphatic hydroxyl groups is 9. The maximum absolute atomic E-state index is 14.9. The number of phosphoric ester groups is 1. The Hall–Kier alpha value is -2.79. The smallest absolute Gasteiger partial charge is 0.463 e. The van der Waals surface area contributed by atoms with Crippen molar-refractivity contribution in [3.05, 3.63) is 12.2 Å². The number of rotatable bonds is 77. The van der Waals surface area contributed by atoms with Gasteiger partial charge in [0.15, 0.2) is 24.8 Å². The summed E-state index contributed by atoms with van der Waals surface area (Å²) in [7, 11) is -5.81. The number of phosphoric acid groups is 1. The SMILES string of the molecule is CCCCCC/C=C\CCCCCCCCCC(=O)OC1C(O)C(O)C(OC2OC(CO)C(O)C(O)C2O)C(OP(=O)(O)OCC(COC(=O)CCCCCCCCCCCCCCCCC)OC(=O)CCCCCCCCCCCCCCC)C1OC1OC(COC(=O)CCCCCCCCC(C)CCCCCCCC)C(O)C(O)C1O. The molecule has 2 aliphatic heterocycles. The first kappa shape index (κ1) is 109. The van der Waals surface area contributed by atoms with Gasteiger partial charge in [0.05, 0.1) is 13.2 Å². The highest BCUT2D eigenvalue weighted by molar-refractivity contribution is 7.47. The second-order valence-corrected chi connectivity index (χ2v) is 35.9. The van der Waals surface area contributed by atoms with E-state index in [4.69, 9.17) is 46.9 Å². The number of esters is 4. The van der Waals surface area contributed by atoms with Crippen molar-refractivity contribution in [1.82, 2.24) is 0 Å². The zero-order valence-electron chi connectivity index (χ0n) is 74.1. The Morgan fingerprint density at radius 3 is 1.10 bits per heavy atom. The highest BCUT2D eigenvalue weighted by Crippen LogP contribution is 2.49. The predicted molar refractivity (Wildman–Crippen MR) is 458 cm³/mol. The van der Waals surface area contributed by atoms with Gasteiger partial charge in [-0.15, -0.1) is 0 Å². The number of allylic oxidation sites excluding steroid dienone is 2. The molecule has 0 radical (unpaired) electrons. The van der Waals surface area contributed by atoms with Gasteiger partial charge in [-0.05, 0) is 57.3 Å². The molecule has 19 atom stereocenters. The minimum atomic E-state index is -5.81. The zero-order valence-corrected chi connectivity index (χ0v) is 75.0. The first-order valence-corrected chi connectivity index (χ1v) is 49.3. The number of hydrogen-bond donors (Lipinski definition) is 10. The fraction of sp³-hybridized carbons (Fsp3) is 0.935. The van der Waals surface area contributed by atoms with E-state index in [0.29, 0.717) is 38.0 Å². The standard InChI is InChI=1S/C92H171O25P/c1-6-10-14-18-22-25-28-31-33-36-38-41-44-51-57-63-75(94)108-68-72(111-77(96)65-59-53-45-42-39-35-30-27-24-20-16-12-8-3)69-110-118(106,107)117-90-88(115-91-85(104)81(100)79(98)73(67-93)112-91)84(103)83(102)87(114-78(97)66-60-54-46-43-40-37-34-32-29-26-23-19-15-11-7-2)89(90)116-92-86(105)82(101)80(99)74(113-92)70-109-76(95)64-58-52-48-47-50-56-62-71(5)61-55-49-21-17-13-9-4/h26,29,71-74,79-93,98-105H,6-25,27-28,30-70H2,1-5H3,(H,106,107)/b29-26-. The predicted octanol–water partition coefficient (Wildman–Crippen LogP) is 17.8. The molecule has 26 heteroatoms. The van der Waals surface area contributed by atoms with Gasteiger partial charge in [0, 0.05) is 25.7 Å². The molecule has 2 heterocycles. The molecule has 25 nitrogen and oxygen atoms in total. The lowest BCUT2D eigenvalue weighted by Crippen LogP contribution is -2.70. The molecule has 1 saturated carbocycles. The number of aliphatic hydroxyl groups excluding tert-OH is 9. The van der Waals surface area contributed by atoms with Crippen LogP contribution in [-0.2, 0) is 70.7 Å². The third kappa shape index (κ3) is 50.4. The molecular formula is C92H171O25P. The van der Waals surface area contributed by atoms with E-state index in [1.807, 2.05) is 0 Å². The van der Waals surface area contributed by atoms with Crippen LogP contribution in [-0.4, -0.2) is 205 Å². The Labute approximate surface area is 712 Å². The molecule has 3 rings (SSSR count). The Bertz CT molecular complexity index is 2520. The van der Waals surface area contributed by atoms with E-state index in [9.17, 15) is 74.6 Å². The summed E-state index contributed by atoms with van der Waals surface area (Å²) in [5, 5.41) is 102. The van der Waals surface area contributed by atoms with Crippen LogP contribution >= 0.6 is 7.82 Å². The van der Waals surface area contributed by atoms with Crippen LogP contribution < -0.4 is 0 Å². The quantitative estimate of drug-likeness (QED) is 0.00889. The summed E-state index contributed by atoms with van der Waals surface area (Å²) in [6.07, 6.45) is 27.7. The van der Waals surface area contributed by atoms with Crippen molar-refractivity contribution in [2.75, 3.05) is 26.4 Å². The van der Waals surface area contributed by atoms with Crippen LogP contribution in [0.2, 0.25) is 0 Å². The molecule has 0 aromatic rings. The molecule has 118 heavy (non-hydrogen) atoms. The monoisotopic (exact) mass is 1710 g/mol. The van der Waals surface area contributed by atoms with Gasteiger partial charge in [-0.3, -0.25) is 28.2 Å². The normalized spacial score (nSPS) is 25.2. The molecule has 3 fully saturated rings. The Morgan fingerprint density at radius 1 is 0.356 bits per heavy atom. The average Bonchev–Trinajstić information content (AvgIpc) is 0.753. The molecule has 694 valence electrons. The number of ether oxygens (including phenoxy) is 8. The molecule has 10 N–H and O–H groups in total. The van der Waals surface area contributed by atoms with Crippen LogP contribution in [0.3, 0.4) is 0 Å². The van der Waals surface area contributed by atoms with Gasteiger partial charge in [0.25, 0.3) is 0 Å². The minimum absolute atomic E-state index is 0.0154. The van der Waals surface area contributed by atoms with Gasteiger partial charge in [0.1, 0.15) is 92.6 Å². The maximum atomic E-state index is 14.9. The first-order valence-electron chi connectivity index (χ1n) is 47.8. The summed E-state index contributed by atoms with van der Waals surface area (Å²) in [6, 6.07) is 0. The van der Waals surface area contributed by atoms with E-state index < -0.39 is 162 Å². The molecule has 0 spiro atoms. The fourth-order valence-electron chi connectivity index (χ4n) is 16.0. The van der Waals surface area contributed by atoms with E-state index >= 15 is 0 Å². The summed E-state index contributed by atoms with van der Waals surface area (Å²) in [6.45, 7) is 7.93. The topological polar surface area (TPSA) is 380 Å². The average molecular weight is 1710 g/mol. The van der Waals surface area contributed by atoms with Crippen LogP contribution in [0.25, 0.3) is 0 Å². The molecule has 2 saturated heterocycles. The van der Waals surface area contributed by atoms with Gasteiger partial charge >= 0.3 is 31.7 Å². The van der Waals surface area contributed by atoms with Gasteiger partial charge < -0.3 is 88.7 Å². The highest BCUT2D eigenvalue weighted by Gasteiger charge is 2.60. The molecule has 1 aliphatic carbocycles. The zero-order chi connectivity index (χ0) is 86.2. The van der Waals surface area contributed by atoms with Crippen molar-refractivity contribution in [3.8, 4) is 0 Å². The lowest BCUT2D eigenvalue weighted by atomic mass is 9.84. The van der Waals surface area contributed by atoms with E-state index in [1.165, 1.54) is 180 Å². The van der Waals surface area contributed by atoms with Crippen molar-refractivity contribution in [2.24, 2.45) is 5.92 Å². The van der Waals surface area contributed by atoms with Crippen LogP contribution in [0.1, 0.15) is 413 Å². The highest BCUT2D eigenvalue weighted by atomic mass is 31.2. The molecule has 0 amide bonds. The van der Waals surface area contributed by atoms with Crippen molar-refractivity contribution >= 4 is 31.7 Å². The van der Waals surface area contributed by atoms with Crippen LogP contribution in [0.15, 0.2) is 12.2 Å². The van der Waals surface area contributed by atoms with Gasteiger partial charge in [-0.1, -0.05) is 349 Å². The van der Waals surface area contributed by atoms with Crippen molar-refractivity contribution in [2.45, 2.75) is 518 Å². The van der Waals surface area contributed by atoms with Crippen LogP contribution in [0, 0.1) is 5.92 Å². The molecule has 3 aliphatic rings. The Morgan fingerprint density at radius 2 is 0.686 bits per heavy atom. The number of hydrogen-bond acceptors (Lipinski definition) is 24. The van der Waals surface area contributed by atoms with Crippen molar-refractivity contribution in [3.63, 3.8) is 0 Å². The van der Waals surface area contributed by atoms with Gasteiger partial charge in [0.2, 0.25) is 0 Å². The minimum Gasteiger partial charge on any atom is -0.463 e. The number of carbonyl (C=O) groups is 4. The Kier molecular flexibility index (Phi) is 65.2. The number of unbranched alkanes of at least 4 members (excludes halogenated alkanes) is 47. The summed E-state index contributed by atoms with van der Waals surface area (Å²) in [5.41, 5.74) is 0. The van der Waals surface area contributed by atoms with E-state index in [0.717, 1.165) is 141 Å². The summed E-state index contributed by atoms with van der Waals surface area (Å²) >= 11 is 0. The van der Waals surface area contributed by atoms with E-state index in [-0.39, 0.29) is 25.7 Å². The lowest BCUT2D eigenvalue weighted by molar-refractivity contribution is -0.360. The van der Waals surface area contributed by atoms with Crippen LogP contribution in [0.5, 0.6) is 0 Å². The second kappa shape index (κ2) is 70.4. The Balaban J connectivity index is 1.92. The summed E-state index contributed by atoms with van der Waals surface area (Å²) in [4.78, 5) is 66.5. The van der Waals surface area contributed by atoms with E-state index in [1.54, 1.807) is 0 Å². The van der Waals surface area contributed by atoms with E-state index in [2.05, 4.69) is 46.8 Å². The molecular weight excluding hydrogens is 1540 g/mol. The third-order valence-electron chi connectivity index (χ3n) is 23.7. The summed E-state index contributed by atoms with van der Waals surface area (Å²) in [5.74, 6) is -2.27. The fourth-order valence-corrected chi connectivity index (χ4v) is 16.9. The molecule has 0 bridgehead atoms. The van der Waals surface area contributed by atoms with Crippen molar-refractivity contribution in [1.29, 1.82) is 0 Å². The third-order valence-corrected chi connectivity index (χ3v) is 24.7. The largest absolute Gasteiger partial charge is 0.472 e. The van der Waals surface area contributed by atoms with Crippen LogP contribution in [0.4, 0.5) is 0 Å². The lowest BCUT2D eigenvalue weighted by Gasteiger charge is -2.50. The second-order valence-electron chi connectivity index (χ2n) is 34.5. The number of carbonyl (C=O) groups excluding carboxylic acids is 4. The van der Waals surface area contributed by atoms with Crippen molar-refractivity contribution < 1.29 is 122 Å². The summed E-state index contributed by atoms with van der Waals surface area (Å²) < 4.78 is 73.5. The maximum Gasteiger partial charge on any atom is 0.472 e. The molecule has 0 aromatic carbocycles. The first-order chi connectivity index (χ1) is 57.1. The molecule has 19 unspecified atom stereocenters.